The van der Waals surface area contributed by atoms with Crippen LogP contribution in [0.15, 0.2) is 43.0 Å². The topological polar surface area (TPSA) is 108 Å². The first-order chi connectivity index (χ1) is 18.5. The van der Waals surface area contributed by atoms with Crippen LogP contribution in [-0.4, -0.2) is 68.0 Å². The van der Waals surface area contributed by atoms with Gasteiger partial charge in [0.1, 0.15) is 11.5 Å². The third kappa shape index (κ3) is 4.89. The molecule has 9 heteroatoms. The van der Waals surface area contributed by atoms with Gasteiger partial charge in [0.25, 0.3) is 0 Å². The third-order valence-corrected chi connectivity index (χ3v) is 7.89. The maximum atomic E-state index is 12.9. The second kappa shape index (κ2) is 10.4. The molecule has 4 aromatic rings. The molecule has 3 N–H and O–H groups in total. The van der Waals surface area contributed by atoms with Crippen LogP contribution < -0.4 is 10.6 Å². The Morgan fingerprint density at radius 1 is 1.16 bits per heavy atom. The van der Waals surface area contributed by atoms with E-state index in [1.807, 2.05) is 35.9 Å². The number of piperazine rings is 1. The average Bonchev–Trinajstić information content (AvgIpc) is 3.51. The van der Waals surface area contributed by atoms with Crippen molar-refractivity contribution in [3.8, 4) is 11.1 Å². The quantitative estimate of drug-likeness (QED) is 0.331. The number of anilines is 1. The Morgan fingerprint density at radius 3 is 2.79 bits per heavy atom. The lowest BCUT2D eigenvalue weighted by Gasteiger charge is -2.27. The molecule has 1 aliphatic carbocycles. The summed E-state index contributed by atoms with van der Waals surface area (Å²) in [5.74, 6) is 1.11. The summed E-state index contributed by atoms with van der Waals surface area (Å²) in [5, 5.41) is 17.8. The minimum atomic E-state index is -0.554. The smallest absolute Gasteiger partial charge is 0.228 e. The lowest BCUT2D eigenvalue weighted by Crippen LogP contribution is -2.44. The molecule has 1 unspecified atom stereocenters. The minimum absolute atomic E-state index is 0.0579. The van der Waals surface area contributed by atoms with E-state index in [9.17, 15) is 9.90 Å². The van der Waals surface area contributed by atoms with Gasteiger partial charge in [-0.1, -0.05) is 13.3 Å². The predicted octanol–water partition coefficient (Wildman–Crippen LogP) is 3.57. The molecule has 6 rings (SSSR count). The SMILES string of the molecule is CCCC(O)c1cc(C)c(-c2cc3cnc(NC(=O)[C@H]4C[C@@H]4CN4CCNCC4)cc3n3ccnc23)cn1. The number of imidazole rings is 1. The van der Waals surface area contributed by atoms with E-state index in [4.69, 9.17) is 0 Å². The Labute approximate surface area is 222 Å². The van der Waals surface area contributed by atoms with Crippen molar-refractivity contribution in [1.29, 1.82) is 0 Å². The summed E-state index contributed by atoms with van der Waals surface area (Å²) in [6.45, 7) is 9.25. The first-order valence-corrected chi connectivity index (χ1v) is 13.7. The number of aromatic nitrogens is 4. The highest BCUT2D eigenvalue weighted by Gasteiger charge is 2.43. The summed E-state index contributed by atoms with van der Waals surface area (Å²) in [6.07, 6.45) is 9.32. The van der Waals surface area contributed by atoms with Crippen LogP contribution in [0.3, 0.4) is 0 Å². The Balaban J connectivity index is 1.23. The first kappa shape index (κ1) is 24.9. The lowest BCUT2D eigenvalue weighted by molar-refractivity contribution is -0.117. The van der Waals surface area contributed by atoms with Gasteiger partial charge in [0.05, 0.1) is 17.3 Å². The zero-order valence-electron chi connectivity index (χ0n) is 22.0. The summed E-state index contributed by atoms with van der Waals surface area (Å²) < 4.78 is 2.03. The van der Waals surface area contributed by atoms with Crippen LogP contribution in [0, 0.1) is 18.8 Å². The number of aliphatic hydroxyl groups is 1. The molecule has 38 heavy (non-hydrogen) atoms. The number of nitrogens with zero attached hydrogens (tertiary/aromatic N) is 5. The third-order valence-electron chi connectivity index (χ3n) is 7.89. The number of amides is 1. The van der Waals surface area contributed by atoms with Gasteiger partial charge >= 0.3 is 0 Å². The van der Waals surface area contributed by atoms with Crippen LogP contribution in [0.4, 0.5) is 5.82 Å². The van der Waals surface area contributed by atoms with Gasteiger partial charge in [-0.2, -0.15) is 0 Å². The molecular weight excluding hydrogens is 478 g/mol. The molecule has 1 aliphatic heterocycles. The van der Waals surface area contributed by atoms with Crippen molar-refractivity contribution in [2.75, 3.05) is 38.0 Å². The molecule has 1 saturated heterocycles. The molecule has 198 valence electrons. The predicted molar refractivity (Wildman–Crippen MR) is 148 cm³/mol. The van der Waals surface area contributed by atoms with E-state index in [1.165, 1.54) is 0 Å². The molecule has 0 aromatic carbocycles. The van der Waals surface area contributed by atoms with E-state index in [1.54, 1.807) is 12.4 Å². The van der Waals surface area contributed by atoms with Crippen molar-refractivity contribution in [1.82, 2.24) is 29.6 Å². The molecule has 1 amide bonds. The number of aryl methyl sites for hydroxylation is 1. The monoisotopic (exact) mass is 513 g/mol. The van der Waals surface area contributed by atoms with Gasteiger partial charge in [0.15, 0.2) is 0 Å². The molecule has 0 spiro atoms. The first-order valence-electron chi connectivity index (χ1n) is 13.7. The van der Waals surface area contributed by atoms with E-state index in [0.29, 0.717) is 23.9 Å². The fourth-order valence-electron chi connectivity index (χ4n) is 5.64. The van der Waals surface area contributed by atoms with Gasteiger partial charge in [-0.25, -0.2) is 9.97 Å². The van der Waals surface area contributed by atoms with Crippen molar-refractivity contribution in [2.45, 2.75) is 39.2 Å². The molecule has 0 bridgehead atoms. The summed E-state index contributed by atoms with van der Waals surface area (Å²) in [5.41, 5.74) is 5.40. The number of aliphatic hydroxyl groups excluding tert-OH is 1. The van der Waals surface area contributed by atoms with Crippen LogP contribution in [0.5, 0.6) is 0 Å². The number of carbonyl (C=O) groups is 1. The zero-order chi connectivity index (χ0) is 26.2. The van der Waals surface area contributed by atoms with Gasteiger partial charge in [-0.15, -0.1) is 0 Å². The second-order valence-electron chi connectivity index (χ2n) is 10.7. The van der Waals surface area contributed by atoms with Crippen LogP contribution in [0.25, 0.3) is 27.7 Å². The molecule has 4 aromatic heterocycles. The molecule has 5 heterocycles. The Hall–Kier alpha value is -3.40. The Bertz CT molecular complexity index is 1480. The van der Waals surface area contributed by atoms with Crippen LogP contribution in [0.2, 0.25) is 0 Å². The van der Waals surface area contributed by atoms with Gasteiger partial charge < -0.3 is 20.6 Å². The largest absolute Gasteiger partial charge is 0.387 e. The molecule has 3 atom stereocenters. The number of hydrogen-bond donors (Lipinski definition) is 3. The summed E-state index contributed by atoms with van der Waals surface area (Å²) in [7, 11) is 0. The molecule has 9 nitrogen and oxygen atoms in total. The van der Waals surface area contributed by atoms with Crippen molar-refractivity contribution < 1.29 is 9.90 Å². The minimum Gasteiger partial charge on any atom is -0.387 e. The maximum absolute atomic E-state index is 12.9. The number of nitrogens with one attached hydrogen (secondary N) is 2. The number of carbonyl (C=O) groups excluding carboxylic acids is 1. The van der Waals surface area contributed by atoms with E-state index in [2.05, 4.69) is 43.5 Å². The number of rotatable bonds is 8. The van der Waals surface area contributed by atoms with E-state index >= 15 is 0 Å². The Kier molecular flexibility index (Phi) is 6.82. The molecular formula is C29H35N7O2. The van der Waals surface area contributed by atoms with Crippen molar-refractivity contribution in [2.24, 2.45) is 11.8 Å². The van der Waals surface area contributed by atoms with Crippen molar-refractivity contribution in [3.63, 3.8) is 0 Å². The summed E-state index contributed by atoms with van der Waals surface area (Å²) in [4.78, 5) is 29.2. The maximum Gasteiger partial charge on any atom is 0.228 e. The molecule has 2 fully saturated rings. The van der Waals surface area contributed by atoms with E-state index in [-0.39, 0.29) is 11.8 Å². The van der Waals surface area contributed by atoms with Gasteiger partial charge in [-0.3, -0.25) is 14.2 Å². The van der Waals surface area contributed by atoms with E-state index < -0.39 is 6.10 Å². The van der Waals surface area contributed by atoms with Crippen molar-refractivity contribution in [3.05, 3.63) is 54.2 Å². The molecule has 2 aliphatic rings. The average molecular weight is 514 g/mol. The molecule has 1 saturated carbocycles. The number of hydrogen-bond acceptors (Lipinski definition) is 7. The van der Waals surface area contributed by atoms with Crippen molar-refractivity contribution >= 4 is 28.3 Å². The lowest BCUT2D eigenvalue weighted by atomic mass is 10.00. The fraction of sp³-hybridized carbons (Fsp3) is 0.448. The van der Waals surface area contributed by atoms with Crippen LogP contribution >= 0.6 is 0 Å². The highest BCUT2D eigenvalue weighted by atomic mass is 16.3. The van der Waals surface area contributed by atoms with Gasteiger partial charge in [-0.05, 0) is 43.4 Å². The highest BCUT2D eigenvalue weighted by molar-refractivity contribution is 5.97. The van der Waals surface area contributed by atoms with Crippen LogP contribution in [-0.2, 0) is 4.79 Å². The van der Waals surface area contributed by atoms with Crippen LogP contribution in [0.1, 0.15) is 43.5 Å². The van der Waals surface area contributed by atoms with Gasteiger partial charge in [0.2, 0.25) is 5.91 Å². The van der Waals surface area contributed by atoms with Gasteiger partial charge in [0, 0.05) is 86.0 Å². The molecule has 0 radical (unpaired) electrons. The Morgan fingerprint density at radius 2 is 2.00 bits per heavy atom. The van der Waals surface area contributed by atoms with E-state index in [0.717, 1.165) is 78.8 Å². The fourth-order valence-corrected chi connectivity index (χ4v) is 5.64. The standard InChI is InChI=1S/C29H35N7O2/c1-3-4-26(37)24-11-18(2)23(16-32-24)22-12-19-15-33-27(14-25(19)36-10-7-31-28(22)36)34-29(38)21-13-20(21)17-35-8-5-30-6-9-35/h7,10-12,14-16,20-21,26,30,37H,3-6,8-9,13,17H2,1-2H3,(H,33,34,38)/t20-,21+,26?/m1/s1. The number of fused-ring (bicyclic) bond motifs is 3. The normalized spacial score (nSPS) is 20.6. The number of pyridine rings is 3. The summed E-state index contributed by atoms with van der Waals surface area (Å²) >= 11 is 0. The second-order valence-corrected chi connectivity index (χ2v) is 10.7. The summed E-state index contributed by atoms with van der Waals surface area (Å²) in [6, 6.07) is 5.96. The highest BCUT2D eigenvalue weighted by Crippen LogP contribution is 2.40. The zero-order valence-corrected chi connectivity index (χ0v) is 22.0.